The summed E-state index contributed by atoms with van der Waals surface area (Å²) in [4.78, 5) is 108. The Bertz CT molecular complexity index is 2920. The van der Waals surface area contributed by atoms with E-state index in [1.165, 1.54) is 19.6 Å². The zero-order valence-corrected chi connectivity index (χ0v) is 45.8. The summed E-state index contributed by atoms with van der Waals surface area (Å²) in [6.45, 7) is 5.63. The Balaban J connectivity index is 0.887. The fourth-order valence-electron chi connectivity index (χ4n) is 9.13. The Labute approximate surface area is 463 Å². The van der Waals surface area contributed by atoms with Gasteiger partial charge in [-0.15, -0.1) is 0 Å². The van der Waals surface area contributed by atoms with Gasteiger partial charge in [0.15, 0.2) is 35.9 Å². The van der Waals surface area contributed by atoms with Crippen LogP contribution >= 0.6 is 0 Å². The van der Waals surface area contributed by atoms with Gasteiger partial charge in [-0.05, 0) is 75.4 Å². The van der Waals surface area contributed by atoms with Gasteiger partial charge < -0.3 is 52.9 Å². The van der Waals surface area contributed by atoms with Crippen LogP contribution in [0.5, 0.6) is 0 Å². The van der Waals surface area contributed by atoms with Crippen LogP contribution in [0.1, 0.15) is 122 Å². The van der Waals surface area contributed by atoms with Crippen LogP contribution in [-0.2, 0) is 52.3 Å². The summed E-state index contributed by atoms with van der Waals surface area (Å²) in [6, 6.07) is 25.1. The molecule has 0 bridgehead atoms. The van der Waals surface area contributed by atoms with Gasteiger partial charge in [-0.1, -0.05) is 81.3 Å². The summed E-state index contributed by atoms with van der Waals surface area (Å²) in [5.74, 6) is -3.39. The van der Waals surface area contributed by atoms with E-state index in [-0.39, 0.29) is 79.0 Å². The first-order valence-corrected chi connectivity index (χ1v) is 27.1. The van der Waals surface area contributed by atoms with Gasteiger partial charge in [-0.2, -0.15) is 4.98 Å². The van der Waals surface area contributed by atoms with Crippen molar-refractivity contribution >= 4 is 59.0 Å². The normalized spacial score (nSPS) is 21.7. The third-order valence-electron chi connectivity index (χ3n) is 13.4. The third kappa shape index (κ3) is 16.9. The fourth-order valence-corrected chi connectivity index (χ4v) is 9.13. The number of Topliss-reactive ketones (excluding diaryl/α,β-unsaturated/α-hetero) is 1. The number of nitrogens with zero attached hydrogens (tertiary/aromatic N) is 5. The molecule has 2 fully saturated rings. The summed E-state index contributed by atoms with van der Waals surface area (Å²) in [5, 5.41) is 2.98. The van der Waals surface area contributed by atoms with Crippen molar-refractivity contribution in [3.63, 3.8) is 0 Å². The van der Waals surface area contributed by atoms with Gasteiger partial charge in [-0.3, -0.25) is 23.9 Å². The second kappa shape index (κ2) is 30.1. The van der Waals surface area contributed by atoms with Crippen LogP contribution in [0.15, 0.2) is 107 Å². The number of H-pyrrole nitrogens is 1. The largest absolute Gasteiger partial charge is 0.459 e. The molecule has 2 aliphatic rings. The van der Waals surface area contributed by atoms with Crippen molar-refractivity contribution in [3.8, 4) is 0 Å². The lowest BCUT2D eigenvalue weighted by molar-refractivity contribution is -0.281. The zero-order chi connectivity index (χ0) is 57.0. The second-order valence-corrected chi connectivity index (χ2v) is 19.8. The van der Waals surface area contributed by atoms with Crippen LogP contribution in [0.4, 0.5) is 5.95 Å². The maximum Gasteiger partial charge on any atom is 0.338 e. The van der Waals surface area contributed by atoms with Crippen molar-refractivity contribution in [2.24, 2.45) is 10.9 Å². The highest BCUT2D eigenvalue weighted by atomic mass is 16.7. The number of aromatic nitrogens is 4. The number of imidazole rings is 1. The number of fused-ring (bicyclic) bond motifs is 1. The number of amides is 1. The first-order valence-electron chi connectivity index (χ1n) is 27.1. The number of aliphatic imine (C=N–C) groups is 1. The third-order valence-corrected chi connectivity index (χ3v) is 13.4. The highest BCUT2D eigenvalue weighted by molar-refractivity contribution is 5.91. The molecule has 1 amide bonds. The van der Waals surface area contributed by atoms with Crippen molar-refractivity contribution in [1.82, 2.24) is 29.7 Å². The van der Waals surface area contributed by atoms with Gasteiger partial charge in [0.1, 0.15) is 30.7 Å². The molecule has 2 aliphatic heterocycles. The molecule has 4 heterocycles. The van der Waals surface area contributed by atoms with Crippen LogP contribution in [0, 0.1) is 5.92 Å². The summed E-state index contributed by atoms with van der Waals surface area (Å²) >= 11 is 0. The lowest BCUT2D eigenvalue weighted by atomic mass is 9.91. The standard InChI is InChI=1S/C58H71N7O15/c1-6-42-48(78-45(68)30-29-37(2)66)50(53(76-42)65-36-60-46-51(65)62-58(63-52(46)69)61-35-64(4)5)73-32-20-8-7-19-31-59-44(67)28-18-21-33-74-57-38(3)47(79-55(71)40-24-14-10-15-25-40)49(80-56(72)41-26-16-11-17-27-41)43(77-57)34-75-54(70)39-22-12-9-13-23-39/h9-17,22-27,35-36,38,42-43,47-50,53,57H,6-8,18-21,28-34H2,1-5H3,(H,59,67)(H,62,63,69)/b61-35+/t38-,42-,43-,47-,48?,49+,50+,53-,57-/m1/s1. The van der Waals surface area contributed by atoms with E-state index in [2.05, 4.69) is 25.3 Å². The molecule has 0 spiro atoms. The number of hydrogen-bond acceptors (Lipinski definition) is 18. The van der Waals surface area contributed by atoms with E-state index in [1.54, 1.807) is 121 Å². The first kappa shape index (κ1) is 60.0. The van der Waals surface area contributed by atoms with E-state index in [4.69, 9.17) is 37.9 Å². The van der Waals surface area contributed by atoms with E-state index >= 15 is 0 Å². The minimum atomic E-state index is -1.21. The Morgan fingerprint density at radius 1 is 0.713 bits per heavy atom. The highest BCUT2D eigenvalue weighted by Gasteiger charge is 2.51. The molecule has 0 aliphatic carbocycles. The number of rotatable bonds is 29. The molecule has 0 radical (unpaired) electrons. The van der Waals surface area contributed by atoms with E-state index < -0.39 is 84.5 Å². The minimum Gasteiger partial charge on any atom is -0.459 e. The number of ether oxygens (including phenoxy) is 8. The molecule has 0 saturated carbocycles. The smallest absolute Gasteiger partial charge is 0.338 e. The van der Waals surface area contributed by atoms with Crippen molar-refractivity contribution in [2.75, 3.05) is 40.5 Å². The predicted octanol–water partition coefficient (Wildman–Crippen LogP) is 6.85. The minimum absolute atomic E-state index is 0.0387. The first-order chi connectivity index (χ1) is 38.7. The number of carbonyl (C=O) groups is 6. The molecule has 5 aromatic rings. The Morgan fingerprint density at radius 2 is 1.31 bits per heavy atom. The Hall–Kier alpha value is -7.66. The number of hydrogen-bond donors (Lipinski definition) is 2. The number of nitrogens with one attached hydrogen (secondary N) is 2. The zero-order valence-electron chi connectivity index (χ0n) is 45.8. The molecular formula is C58H71N7O15. The van der Waals surface area contributed by atoms with Crippen LogP contribution < -0.4 is 10.9 Å². The van der Waals surface area contributed by atoms with Crippen LogP contribution in [0.2, 0.25) is 0 Å². The number of carbonyl (C=O) groups excluding carboxylic acids is 6. The van der Waals surface area contributed by atoms with Crippen molar-refractivity contribution in [1.29, 1.82) is 0 Å². The molecule has 2 N–H and O–H groups in total. The quantitative estimate of drug-likeness (QED) is 0.0163. The van der Waals surface area contributed by atoms with Crippen LogP contribution in [-0.4, -0.2) is 150 Å². The topological polar surface area (TPSA) is 267 Å². The van der Waals surface area contributed by atoms with E-state index in [0.29, 0.717) is 44.2 Å². The number of esters is 4. The molecule has 22 heteroatoms. The molecular weight excluding hydrogens is 1030 g/mol. The maximum absolute atomic E-state index is 13.6. The number of benzene rings is 3. The molecule has 7 rings (SSSR count). The Kier molecular flexibility index (Phi) is 22.6. The van der Waals surface area contributed by atoms with Gasteiger partial charge in [0, 0.05) is 52.6 Å². The van der Waals surface area contributed by atoms with E-state index in [9.17, 15) is 33.6 Å². The molecule has 9 atom stereocenters. The molecule has 2 saturated heterocycles. The summed E-state index contributed by atoms with van der Waals surface area (Å²) < 4.78 is 50.9. The molecule has 1 unspecified atom stereocenters. The monoisotopic (exact) mass is 1110 g/mol. The summed E-state index contributed by atoms with van der Waals surface area (Å²) in [6.07, 6.45) is 0.0440. The SMILES string of the molecule is CC[C@H]1O[C@@H](n2cnc3c(=O)[nH]c(/N=C/N(C)C)nc32)[C@@H](OCCCCCCNC(=O)CCCCO[C@@H]2O[C@H](COC(=O)c3ccccc3)[C@H](OC(=O)c3ccccc3)[C@H](OC(=O)c3ccccc3)[C@H]2C)C1OC(=O)CCC(C)=O. The average molecular weight is 1110 g/mol. The summed E-state index contributed by atoms with van der Waals surface area (Å²) in [5.41, 5.74) is 0.643. The van der Waals surface area contributed by atoms with Gasteiger partial charge in [-0.25, -0.2) is 24.4 Å². The molecule has 428 valence electrons. The second-order valence-electron chi connectivity index (χ2n) is 19.8. The molecule has 2 aromatic heterocycles. The lowest BCUT2D eigenvalue weighted by Crippen LogP contribution is -2.58. The predicted molar refractivity (Wildman–Crippen MR) is 291 cm³/mol. The Morgan fingerprint density at radius 3 is 1.95 bits per heavy atom. The summed E-state index contributed by atoms with van der Waals surface area (Å²) in [7, 11) is 3.56. The average Bonchev–Trinajstić information content (AvgIpc) is 4.14. The van der Waals surface area contributed by atoms with Gasteiger partial charge >= 0.3 is 23.9 Å². The van der Waals surface area contributed by atoms with Crippen molar-refractivity contribution in [2.45, 2.75) is 134 Å². The van der Waals surface area contributed by atoms with E-state index in [1.807, 2.05) is 6.92 Å². The van der Waals surface area contributed by atoms with Gasteiger partial charge in [0.2, 0.25) is 11.9 Å². The molecule has 80 heavy (non-hydrogen) atoms. The van der Waals surface area contributed by atoms with Crippen molar-refractivity contribution in [3.05, 3.63) is 124 Å². The van der Waals surface area contributed by atoms with Crippen molar-refractivity contribution < 1.29 is 66.7 Å². The molecule has 22 nitrogen and oxygen atoms in total. The number of aromatic amines is 1. The van der Waals surface area contributed by atoms with Gasteiger partial charge in [0.25, 0.3) is 5.56 Å². The van der Waals surface area contributed by atoms with Crippen LogP contribution in [0.25, 0.3) is 11.2 Å². The number of ketones is 1. The molecule has 3 aromatic carbocycles. The van der Waals surface area contributed by atoms with Gasteiger partial charge in [0.05, 0.1) is 41.9 Å². The van der Waals surface area contributed by atoms with E-state index in [0.717, 1.165) is 12.8 Å². The number of unbranched alkanes of at least 4 members (excludes halogenated alkanes) is 4. The lowest BCUT2D eigenvalue weighted by Gasteiger charge is -2.44. The maximum atomic E-state index is 13.6. The fraction of sp³-hybridized carbons (Fsp3) is 0.483. The van der Waals surface area contributed by atoms with Crippen LogP contribution in [0.3, 0.4) is 0 Å². The highest BCUT2D eigenvalue weighted by Crippen LogP contribution is 2.37.